The summed E-state index contributed by atoms with van der Waals surface area (Å²) in [6, 6.07) is 8.45. The summed E-state index contributed by atoms with van der Waals surface area (Å²) in [6.45, 7) is 0.460. The Hall–Kier alpha value is -1.88. The van der Waals surface area contributed by atoms with Gasteiger partial charge in [0.2, 0.25) is 0 Å². The first kappa shape index (κ1) is 15.0. The molecule has 0 unspecified atom stereocenters. The molecule has 0 atom stereocenters. The Labute approximate surface area is 132 Å². The lowest BCUT2D eigenvalue weighted by Crippen LogP contribution is -2.14. The van der Waals surface area contributed by atoms with Crippen molar-refractivity contribution in [3.8, 4) is 5.69 Å². The van der Waals surface area contributed by atoms with Crippen LogP contribution in [0.25, 0.3) is 5.69 Å². The molecule has 1 aromatic heterocycles. The largest absolute Gasteiger partial charge is 0.378 e. The van der Waals surface area contributed by atoms with Crippen LogP contribution in [0.3, 0.4) is 0 Å². The Balaban J connectivity index is 1.97. The molecule has 5 heteroatoms. The summed E-state index contributed by atoms with van der Waals surface area (Å²) >= 11 is 0. The number of nitrogens with zero attached hydrogens (tertiary/aromatic N) is 4. The van der Waals surface area contributed by atoms with Gasteiger partial charge in [-0.1, -0.05) is 24.5 Å². The van der Waals surface area contributed by atoms with Crippen molar-refractivity contribution in [2.75, 3.05) is 19.0 Å². The second-order valence-corrected chi connectivity index (χ2v) is 6.28. The van der Waals surface area contributed by atoms with Crippen LogP contribution in [0.5, 0.6) is 0 Å². The monoisotopic (exact) mass is 299 g/mol. The van der Waals surface area contributed by atoms with Crippen LogP contribution in [-0.4, -0.2) is 29.1 Å². The van der Waals surface area contributed by atoms with Crippen LogP contribution in [-0.2, 0) is 6.54 Å². The van der Waals surface area contributed by atoms with E-state index in [9.17, 15) is 0 Å². The highest BCUT2D eigenvalue weighted by Crippen LogP contribution is 2.34. The van der Waals surface area contributed by atoms with Gasteiger partial charge in [-0.15, -0.1) is 5.10 Å². The van der Waals surface area contributed by atoms with Gasteiger partial charge in [0.05, 0.1) is 11.4 Å². The van der Waals surface area contributed by atoms with E-state index in [2.05, 4.69) is 39.5 Å². The van der Waals surface area contributed by atoms with Crippen molar-refractivity contribution in [3.63, 3.8) is 0 Å². The molecule has 1 heterocycles. The second-order valence-electron chi connectivity index (χ2n) is 6.28. The van der Waals surface area contributed by atoms with E-state index in [-0.39, 0.29) is 0 Å². The van der Waals surface area contributed by atoms with Crippen molar-refractivity contribution >= 4 is 5.69 Å². The van der Waals surface area contributed by atoms with Crippen molar-refractivity contribution in [2.24, 2.45) is 5.73 Å². The van der Waals surface area contributed by atoms with Crippen LogP contribution in [0.1, 0.15) is 49.4 Å². The van der Waals surface area contributed by atoms with E-state index in [4.69, 9.17) is 5.73 Å². The maximum Gasteiger partial charge on any atom is 0.100 e. The SMILES string of the molecule is CN(C)c1ccc(-n2nnc(CN)c2C2CCCCC2)cc1. The first-order chi connectivity index (χ1) is 10.7. The molecule has 1 saturated carbocycles. The third-order valence-electron chi connectivity index (χ3n) is 4.57. The third-order valence-corrected chi connectivity index (χ3v) is 4.57. The first-order valence-corrected chi connectivity index (χ1v) is 8.13. The minimum Gasteiger partial charge on any atom is -0.378 e. The van der Waals surface area contributed by atoms with Gasteiger partial charge in [0.15, 0.2) is 0 Å². The summed E-state index contributed by atoms with van der Waals surface area (Å²) in [4.78, 5) is 2.10. The van der Waals surface area contributed by atoms with Gasteiger partial charge in [-0.2, -0.15) is 0 Å². The Morgan fingerprint density at radius 1 is 1.14 bits per heavy atom. The van der Waals surface area contributed by atoms with Gasteiger partial charge in [-0.25, -0.2) is 4.68 Å². The van der Waals surface area contributed by atoms with Gasteiger partial charge in [0.25, 0.3) is 0 Å². The molecule has 1 aliphatic rings. The number of hydrogen-bond donors (Lipinski definition) is 1. The smallest absolute Gasteiger partial charge is 0.100 e. The third kappa shape index (κ3) is 2.86. The van der Waals surface area contributed by atoms with Crippen molar-refractivity contribution in [1.82, 2.24) is 15.0 Å². The molecule has 1 aromatic carbocycles. The summed E-state index contributed by atoms with van der Waals surface area (Å²) < 4.78 is 2.00. The van der Waals surface area contributed by atoms with Crippen LogP contribution >= 0.6 is 0 Å². The van der Waals surface area contributed by atoms with Crippen LogP contribution in [0.15, 0.2) is 24.3 Å². The highest BCUT2D eigenvalue weighted by atomic mass is 15.4. The molecule has 0 radical (unpaired) electrons. The van der Waals surface area contributed by atoms with Crippen LogP contribution < -0.4 is 10.6 Å². The maximum absolute atomic E-state index is 5.89. The number of aromatic nitrogens is 3. The predicted molar refractivity (Wildman–Crippen MR) is 89.4 cm³/mol. The normalized spacial score (nSPS) is 16.0. The fourth-order valence-electron chi connectivity index (χ4n) is 3.33. The summed E-state index contributed by atoms with van der Waals surface area (Å²) in [6.07, 6.45) is 6.36. The molecular formula is C17H25N5. The van der Waals surface area contributed by atoms with E-state index in [1.165, 1.54) is 43.5 Å². The average molecular weight is 299 g/mol. The molecule has 0 aliphatic heterocycles. The molecule has 1 aliphatic carbocycles. The van der Waals surface area contributed by atoms with Gasteiger partial charge in [-0.05, 0) is 37.1 Å². The average Bonchev–Trinajstić information content (AvgIpc) is 2.99. The summed E-state index contributed by atoms with van der Waals surface area (Å²) in [7, 11) is 4.09. The minimum absolute atomic E-state index is 0.460. The first-order valence-electron chi connectivity index (χ1n) is 8.13. The lowest BCUT2D eigenvalue weighted by atomic mass is 9.86. The Morgan fingerprint density at radius 2 is 1.82 bits per heavy atom. The molecule has 2 N–H and O–H groups in total. The Bertz CT molecular complexity index is 608. The Morgan fingerprint density at radius 3 is 2.41 bits per heavy atom. The molecule has 118 valence electrons. The summed E-state index contributed by atoms with van der Waals surface area (Å²) in [5, 5.41) is 8.70. The van der Waals surface area contributed by atoms with Crippen molar-refractivity contribution in [2.45, 2.75) is 44.6 Å². The quantitative estimate of drug-likeness (QED) is 0.943. The molecule has 0 spiro atoms. The molecular weight excluding hydrogens is 274 g/mol. The van der Waals surface area contributed by atoms with E-state index < -0.39 is 0 Å². The van der Waals surface area contributed by atoms with Gasteiger partial charge >= 0.3 is 0 Å². The highest BCUT2D eigenvalue weighted by molar-refractivity contribution is 5.50. The number of hydrogen-bond acceptors (Lipinski definition) is 4. The molecule has 2 aromatic rings. The molecule has 3 rings (SSSR count). The van der Waals surface area contributed by atoms with Gasteiger partial charge in [0.1, 0.15) is 5.69 Å². The second kappa shape index (κ2) is 6.48. The van der Waals surface area contributed by atoms with Crippen LogP contribution in [0, 0.1) is 0 Å². The van der Waals surface area contributed by atoms with E-state index in [1.54, 1.807) is 0 Å². The fraction of sp³-hybridized carbons (Fsp3) is 0.529. The van der Waals surface area contributed by atoms with Gasteiger partial charge in [0, 0.05) is 32.2 Å². The zero-order valence-corrected chi connectivity index (χ0v) is 13.5. The zero-order valence-electron chi connectivity index (χ0n) is 13.5. The van der Waals surface area contributed by atoms with Gasteiger partial charge < -0.3 is 10.6 Å². The van der Waals surface area contributed by atoms with Crippen molar-refractivity contribution in [3.05, 3.63) is 35.7 Å². The maximum atomic E-state index is 5.89. The lowest BCUT2D eigenvalue weighted by molar-refractivity contribution is 0.428. The molecule has 0 saturated heterocycles. The number of rotatable bonds is 4. The molecule has 22 heavy (non-hydrogen) atoms. The van der Waals surface area contributed by atoms with E-state index in [1.807, 2.05) is 18.8 Å². The van der Waals surface area contributed by atoms with Crippen LogP contribution in [0.4, 0.5) is 5.69 Å². The molecule has 0 amide bonds. The highest BCUT2D eigenvalue weighted by Gasteiger charge is 2.24. The van der Waals surface area contributed by atoms with Crippen molar-refractivity contribution in [1.29, 1.82) is 0 Å². The number of benzene rings is 1. The summed E-state index contributed by atoms with van der Waals surface area (Å²) in [5.41, 5.74) is 10.3. The molecule has 0 bridgehead atoms. The molecule has 5 nitrogen and oxygen atoms in total. The fourth-order valence-corrected chi connectivity index (χ4v) is 3.33. The standard InChI is InChI=1S/C17H25N5/c1-21(2)14-8-10-15(11-9-14)22-17(16(12-18)19-20-22)13-6-4-3-5-7-13/h8-11,13H,3-7,12,18H2,1-2H3. The number of anilines is 1. The van der Waals surface area contributed by atoms with Crippen molar-refractivity contribution < 1.29 is 0 Å². The van der Waals surface area contributed by atoms with E-state index >= 15 is 0 Å². The molecule has 1 fully saturated rings. The van der Waals surface area contributed by atoms with E-state index in [0.29, 0.717) is 12.5 Å². The van der Waals surface area contributed by atoms with Gasteiger partial charge in [-0.3, -0.25) is 0 Å². The van der Waals surface area contributed by atoms with Crippen LogP contribution in [0.2, 0.25) is 0 Å². The topological polar surface area (TPSA) is 60.0 Å². The van der Waals surface area contributed by atoms with E-state index in [0.717, 1.165) is 11.4 Å². The number of nitrogens with two attached hydrogens (primary N) is 1. The minimum atomic E-state index is 0.460. The lowest BCUT2D eigenvalue weighted by Gasteiger charge is -2.23. The summed E-state index contributed by atoms with van der Waals surface area (Å²) in [5.74, 6) is 0.538. The predicted octanol–water partition coefficient (Wildman–Crippen LogP) is 2.84. The zero-order chi connectivity index (χ0) is 15.5. The Kier molecular flexibility index (Phi) is 4.43.